The molecule has 0 radical (unpaired) electrons. The molecule has 0 saturated heterocycles. The Kier molecular flexibility index (Phi) is 3.49. The highest BCUT2D eigenvalue weighted by Gasteiger charge is 2.05. The van der Waals surface area contributed by atoms with E-state index in [0.29, 0.717) is 6.54 Å². The Morgan fingerprint density at radius 3 is 2.71 bits per heavy atom. The summed E-state index contributed by atoms with van der Waals surface area (Å²) < 4.78 is 2.18. The Labute approximate surface area is 104 Å². The van der Waals surface area contributed by atoms with Crippen LogP contribution in [0.2, 0.25) is 0 Å². The van der Waals surface area contributed by atoms with Crippen molar-refractivity contribution < 1.29 is 0 Å². The number of H-pyrrole nitrogens is 1. The lowest BCUT2D eigenvalue weighted by Crippen LogP contribution is -2.14. The zero-order chi connectivity index (χ0) is 12.4. The van der Waals surface area contributed by atoms with Crippen molar-refractivity contribution in [2.24, 2.45) is 7.05 Å². The predicted octanol–water partition coefficient (Wildman–Crippen LogP) is 1.68. The van der Waals surface area contributed by atoms with Gasteiger partial charge >= 0.3 is 4.87 Å². The van der Waals surface area contributed by atoms with Crippen molar-refractivity contribution in [1.29, 1.82) is 0 Å². The molecule has 0 bridgehead atoms. The summed E-state index contributed by atoms with van der Waals surface area (Å²) in [6.45, 7) is 5.75. The fourth-order valence-corrected chi connectivity index (χ4v) is 2.43. The van der Waals surface area contributed by atoms with Gasteiger partial charge in [-0.2, -0.15) is 0 Å². The maximum atomic E-state index is 11.0. The number of nitrogens with zero attached hydrogens (tertiary/aromatic N) is 1. The summed E-state index contributed by atoms with van der Waals surface area (Å²) in [5.74, 6) is 0. The molecule has 4 nitrogen and oxygen atoms in total. The number of aryl methyl sites for hydroxylation is 1. The molecule has 2 rings (SSSR count). The molecule has 2 heterocycles. The Bertz CT molecular complexity index is 565. The van der Waals surface area contributed by atoms with Gasteiger partial charge in [0.15, 0.2) is 0 Å². The maximum absolute atomic E-state index is 11.0. The molecule has 92 valence electrons. The van der Waals surface area contributed by atoms with Crippen LogP contribution >= 0.6 is 11.3 Å². The second-order valence-corrected chi connectivity index (χ2v) is 5.07. The second kappa shape index (κ2) is 4.89. The topological polar surface area (TPSA) is 49.8 Å². The predicted molar refractivity (Wildman–Crippen MR) is 70.4 cm³/mol. The molecule has 0 unspecified atom stereocenters. The van der Waals surface area contributed by atoms with E-state index >= 15 is 0 Å². The van der Waals surface area contributed by atoms with E-state index in [4.69, 9.17) is 0 Å². The van der Waals surface area contributed by atoms with Crippen LogP contribution in [-0.2, 0) is 20.1 Å². The van der Waals surface area contributed by atoms with Gasteiger partial charge in [0.05, 0.1) is 0 Å². The molecule has 0 aliphatic heterocycles. The summed E-state index contributed by atoms with van der Waals surface area (Å²) in [6, 6.07) is 2.19. The zero-order valence-corrected chi connectivity index (χ0v) is 11.1. The molecule has 2 aromatic rings. The summed E-state index contributed by atoms with van der Waals surface area (Å²) in [5, 5.41) is 5.20. The van der Waals surface area contributed by atoms with Gasteiger partial charge in [-0.3, -0.25) is 4.79 Å². The molecule has 5 heteroatoms. The molecule has 0 amide bonds. The first kappa shape index (κ1) is 12.1. The number of aromatic amines is 1. The highest BCUT2D eigenvalue weighted by atomic mass is 32.1. The third-order valence-corrected chi connectivity index (χ3v) is 3.80. The minimum absolute atomic E-state index is 0.00790. The highest BCUT2D eigenvalue weighted by molar-refractivity contribution is 7.07. The fraction of sp³-hybridized carbons (Fsp3) is 0.417. The van der Waals surface area contributed by atoms with Crippen LogP contribution in [0.3, 0.4) is 0 Å². The molecule has 0 aliphatic carbocycles. The first-order valence-corrected chi connectivity index (χ1v) is 6.45. The van der Waals surface area contributed by atoms with Crippen molar-refractivity contribution in [2.75, 3.05) is 0 Å². The Morgan fingerprint density at radius 1 is 1.41 bits per heavy atom. The SMILES string of the molecule is Cc1cc(CNCc2csc(=O)[nH]2)c(C)n1C. The lowest BCUT2D eigenvalue weighted by molar-refractivity contribution is 0.676. The zero-order valence-electron chi connectivity index (χ0n) is 10.3. The molecule has 2 N–H and O–H groups in total. The van der Waals surface area contributed by atoms with Crippen molar-refractivity contribution in [2.45, 2.75) is 26.9 Å². The van der Waals surface area contributed by atoms with Gasteiger partial charge in [-0.1, -0.05) is 11.3 Å². The Morgan fingerprint density at radius 2 is 2.18 bits per heavy atom. The fourth-order valence-electron chi connectivity index (χ4n) is 1.84. The van der Waals surface area contributed by atoms with Gasteiger partial charge in [-0.25, -0.2) is 0 Å². The second-order valence-electron chi connectivity index (χ2n) is 4.23. The molecular weight excluding hydrogens is 234 g/mol. The minimum atomic E-state index is 0.00790. The summed E-state index contributed by atoms with van der Waals surface area (Å²) in [5.41, 5.74) is 4.81. The Balaban J connectivity index is 1.94. The normalized spacial score (nSPS) is 11.0. The van der Waals surface area contributed by atoms with Crippen LogP contribution in [0.15, 0.2) is 16.2 Å². The summed E-state index contributed by atoms with van der Waals surface area (Å²) in [7, 11) is 2.07. The van der Waals surface area contributed by atoms with Crippen LogP contribution in [0.1, 0.15) is 22.6 Å². The van der Waals surface area contributed by atoms with E-state index in [9.17, 15) is 4.79 Å². The number of nitrogens with one attached hydrogen (secondary N) is 2. The van der Waals surface area contributed by atoms with Crippen LogP contribution in [-0.4, -0.2) is 9.55 Å². The van der Waals surface area contributed by atoms with Crippen molar-refractivity contribution in [3.8, 4) is 0 Å². The standard InChI is InChI=1S/C12H17N3OS/c1-8-4-10(9(2)15(8)3)5-13-6-11-7-17-12(16)14-11/h4,7,13H,5-6H2,1-3H3,(H,14,16). The van der Waals surface area contributed by atoms with Crippen LogP contribution in [0.4, 0.5) is 0 Å². The number of rotatable bonds is 4. The molecule has 0 aliphatic rings. The smallest absolute Gasteiger partial charge is 0.304 e. The summed E-state index contributed by atoms with van der Waals surface area (Å²) in [6.07, 6.45) is 0. The van der Waals surface area contributed by atoms with Crippen molar-refractivity contribution >= 4 is 11.3 Å². The average Bonchev–Trinajstić information content (AvgIpc) is 2.80. The van der Waals surface area contributed by atoms with Gasteiger partial charge in [-0.05, 0) is 25.5 Å². The first-order valence-electron chi connectivity index (χ1n) is 5.57. The number of aromatic nitrogens is 2. The van der Waals surface area contributed by atoms with Gasteiger partial charge in [0.2, 0.25) is 0 Å². The van der Waals surface area contributed by atoms with Crippen LogP contribution in [0.5, 0.6) is 0 Å². The van der Waals surface area contributed by atoms with E-state index in [2.05, 4.69) is 41.8 Å². The van der Waals surface area contributed by atoms with Crippen LogP contribution in [0, 0.1) is 13.8 Å². The minimum Gasteiger partial charge on any atom is -0.352 e. The largest absolute Gasteiger partial charge is 0.352 e. The van der Waals surface area contributed by atoms with Crippen molar-refractivity contribution in [1.82, 2.24) is 14.9 Å². The third-order valence-electron chi connectivity index (χ3n) is 3.08. The van der Waals surface area contributed by atoms with E-state index in [-0.39, 0.29) is 4.87 Å². The van der Waals surface area contributed by atoms with Gasteiger partial charge < -0.3 is 14.9 Å². The van der Waals surface area contributed by atoms with E-state index in [0.717, 1.165) is 12.2 Å². The van der Waals surface area contributed by atoms with E-state index in [1.54, 1.807) is 0 Å². The number of hydrogen-bond acceptors (Lipinski definition) is 3. The third kappa shape index (κ3) is 2.68. The molecule has 17 heavy (non-hydrogen) atoms. The van der Waals surface area contributed by atoms with Crippen LogP contribution in [0.25, 0.3) is 0 Å². The average molecular weight is 251 g/mol. The molecule has 0 aromatic carbocycles. The van der Waals surface area contributed by atoms with E-state index < -0.39 is 0 Å². The maximum Gasteiger partial charge on any atom is 0.304 e. The van der Waals surface area contributed by atoms with E-state index in [1.807, 2.05) is 5.38 Å². The van der Waals surface area contributed by atoms with Gasteiger partial charge in [0.25, 0.3) is 0 Å². The van der Waals surface area contributed by atoms with Gasteiger partial charge in [0, 0.05) is 42.6 Å². The van der Waals surface area contributed by atoms with Crippen molar-refractivity contribution in [3.05, 3.63) is 43.8 Å². The molecular formula is C12H17N3OS. The first-order chi connectivity index (χ1) is 8.08. The lowest BCUT2D eigenvalue weighted by Gasteiger charge is -2.04. The Hall–Kier alpha value is -1.33. The molecule has 0 saturated carbocycles. The van der Waals surface area contributed by atoms with E-state index in [1.165, 1.54) is 28.3 Å². The van der Waals surface area contributed by atoms with Gasteiger partial charge in [0.1, 0.15) is 0 Å². The summed E-state index contributed by atoms with van der Waals surface area (Å²) in [4.78, 5) is 13.8. The highest BCUT2D eigenvalue weighted by Crippen LogP contribution is 2.12. The quantitative estimate of drug-likeness (QED) is 0.868. The molecule has 0 spiro atoms. The molecule has 0 atom stereocenters. The monoisotopic (exact) mass is 251 g/mol. The van der Waals surface area contributed by atoms with Crippen LogP contribution < -0.4 is 10.2 Å². The van der Waals surface area contributed by atoms with Crippen molar-refractivity contribution in [3.63, 3.8) is 0 Å². The molecule has 2 aromatic heterocycles. The summed E-state index contributed by atoms with van der Waals surface area (Å²) >= 11 is 1.21. The lowest BCUT2D eigenvalue weighted by atomic mass is 10.2. The van der Waals surface area contributed by atoms with Gasteiger partial charge in [-0.15, -0.1) is 0 Å². The number of thiazole rings is 1. The molecule has 0 fully saturated rings. The number of hydrogen-bond donors (Lipinski definition) is 2.